The molecule has 0 fully saturated rings. The third-order valence-corrected chi connectivity index (χ3v) is 13.0. The molecule has 4 nitrogen and oxygen atoms in total. The van der Waals surface area contributed by atoms with Gasteiger partial charge in [-0.2, -0.15) is 0 Å². The van der Waals surface area contributed by atoms with E-state index in [1.54, 1.807) is 0 Å². The lowest BCUT2D eigenvalue weighted by molar-refractivity contribution is 1.01. The molecule has 14 rings (SSSR count). The summed E-state index contributed by atoms with van der Waals surface area (Å²) in [7, 11) is 0. The lowest BCUT2D eigenvalue weighted by atomic mass is 9.87. The molecule has 0 saturated heterocycles. The van der Waals surface area contributed by atoms with E-state index >= 15 is 0 Å². The molecule has 60 heavy (non-hydrogen) atoms. The predicted molar refractivity (Wildman–Crippen MR) is 252 cm³/mol. The Balaban J connectivity index is 1.18. The molecule has 0 bridgehead atoms. The molecule has 0 radical (unpaired) electrons. The van der Waals surface area contributed by atoms with E-state index in [4.69, 9.17) is 9.97 Å². The van der Waals surface area contributed by atoms with E-state index in [1.165, 1.54) is 86.4 Å². The van der Waals surface area contributed by atoms with Crippen LogP contribution in [0.3, 0.4) is 0 Å². The number of hydrogen-bond donors (Lipinski definition) is 0. The van der Waals surface area contributed by atoms with Gasteiger partial charge in [0, 0.05) is 38.2 Å². The van der Waals surface area contributed by atoms with Crippen molar-refractivity contribution in [2.75, 3.05) is 0 Å². The smallest absolute Gasteiger partial charge is 0.235 e. The van der Waals surface area contributed by atoms with Crippen molar-refractivity contribution >= 4 is 108 Å². The van der Waals surface area contributed by atoms with E-state index in [0.29, 0.717) is 5.95 Å². The molecule has 0 aliphatic rings. The molecule has 276 valence electrons. The molecule has 0 spiro atoms. The van der Waals surface area contributed by atoms with Gasteiger partial charge in [0.25, 0.3) is 0 Å². The maximum absolute atomic E-state index is 5.56. The molecule has 3 aromatic heterocycles. The zero-order valence-electron chi connectivity index (χ0n) is 32.3. The Kier molecular flexibility index (Phi) is 6.26. The first kappa shape index (κ1) is 31.9. The van der Waals surface area contributed by atoms with Gasteiger partial charge in [0.05, 0.1) is 33.3 Å². The van der Waals surface area contributed by atoms with Crippen molar-refractivity contribution in [1.29, 1.82) is 0 Å². The van der Waals surface area contributed by atoms with E-state index in [1.807, 2.05) is 0 Å². The average molecular weight is 761 g/mol. The Bertz CT molecular complexity index is 4110. The summed E-state index contributed by atoms with van der Waals surface area (Å²) in [5.74, 6) is 0.659. The van der Waals surface area contributed by atoms with Gasteiger partial charge >= 0.3 is 0 Å². The van der Waals surface area contributed by atoms with E-state index in [2.05, 4.69) is 203 Å². The molecule has 0 amide bonds. The molecule has 0 saturated carbocycles. The minimum absolute atomic E-state index is 0.659. The average Bonchev–Trinajstić information content (AvgIpc) is 3.83. The molecule has 3 heterocycles. The number of benzene rings is 11. The number of aromatic nitrogens is 4. The predicted octanol–water partition coefficient (Wildman–Crippen LogP) is 14.7. The Hall–Kier alpha value is -8.08. The second-order valence-electron chi connectivity index (χ2n) is 16.0. The third kappa shape index (κ3) is 4.14. The van der Waals surface area contributed by atoms with E-state index < -0.39 is 0 Å². The summed E-state index contributed by atoms with van der Waals surface area (Å²) in [6.45, 7) is 0. The Labute approximate surface area is 343 Å². The standard InChI is InChI=1S/C56H32N4/c1-2-17-34(18-3-1)59-47-29-10-7-21-40(47)53-42-26-13-23-36-37-24-14-27-43-52(37)45(44(51(36)42)31-49(53)59)32-50-54(43)41-22-8-11-30-48(41)60(50)56-57-46-28-9-6-20-39(46)55(58-56)38-25-12-16-33-15-4-5-19-35(33)38/h1-32H. The van der Waals surface area contributed by atoms with Gasteiger partial charge in [-0.05, 0) is 96.3 Å². The molecule has 0 N–H and O–H groups in total. The van der Waals surface area contributed by atoms with Crippen LogP contribution in [0.2, 0.25) is 0 Å². The quantitative estimate of drug-likeness (QED) is 0.133. The van der Waals surface area contributed by atoms with Crippen molar-refractivity contribution in [2.45, 2.75) is 0 Å². The van der Waals surface area contributed by atoms with Crippen LogP contribution in [0.5, 0.6) is 0 Å². The molecule has 0 aliphatic heterocycles. The summed E-state index contributed by atoms with van der Waals surface area (Å²) in [5, 5.41) is 18.4. The van der Waals surface area contributed by atoms with Gasteiger partial charge in [0.15, 0.2) is 0 Å². The summed E-state index contributed by atoms with van der Waals surface area (Å²) < 4.78 is 4.75. The molecule has 0 atom stereocenters. The summed E-state index contributed by atoms with van der Waals surface area (Å²) >= 11 is 0. The highest BCUT2D eigenvalue weighted by molar-refractivity contribution is 6.41. The number of hydrogen-bond acceptors (Lipinski definition) is 2. The lowest BCUT2D eigenvalue weighted by Crippen LogP contribution is -2.03. The molecule has 0 unspecified atom stereocenters. The van der Waals surface area contributed by atoms with Crippen molar-refractivity contribution in [3.63, 3.8) is 0 Å². The second kappa shape index (κ2) is 11.8. The minimum Gasteiger partial charge on any atom is -0.309 e. The summed E-state index contributed by atoms with van der Waals surface area (Å²) in [6.07, 6.45) is 0. The van der Waals surface area contributed by atoms with Crippen molar-refractivity contribution in [3.05, 3.63) is 194 Å². The zero-order valence-corrected chi connectivity index (χ0v) is 32.3. The van der Waals surface area contributed by atoms with Crippen molar-refractivity contribution in [1.82, 2.24) is 19.1 Å². The van der Waals surface area contributed by atoms with E-state index in [-0.39, 0.29) is 0 Å². The van der Waals surface area contributed by atoms with E-state index in [9.17, 15) is 0 Å². The molecule has 14 aromatic rings. The Morgan fingerprint density at radius 3 is 1.50 bits per heavy atom. The Morgan fingerprint density at radius 1 is 0.300 bits per heavy atom. The molecule has 4 heteroatoms. The summed E-state index contributed by atoms with van der Waals surface area (Å²) in [5.41, 5.74) is 8.67. The van der Waals surface area contributed by atoms with Crippen LogP contribution in [0, 0.1) is 0 Å². The van der Waals surface area contributed by atoms with Gasteiger partial charge in [-0.25, -0.2) is 9.97 Å². The normalized spacial score (nSPS) is 12.3. The zero-order chi connectivity index (χ0) is 39.1. The molecule has 0 aliphatic carbocycles. The van der Waals surface area contributed by atoms with Gasteiger partial charge in [0.1, 0.15) is 0 Å². The Morgan fingerprint density at radius 2 is 0.800 bits per heavy atom. The van der Waals surface area contributed by atoms with Crippen LogP contribution in [0.4, 0.5) is 0 Å². The molecular formula is C56H32N4. The summed E-state index contributed by atoms with van der Waals surface area (Å²) in [6, 6.07) is 70.5. The van der Waals surface area contributed by atoms with Gasteiger partial charge in [-0.1, -0.05) is 152 Å². The summed E-state index contributed by atoms with van der Waals surface area (Å²) in [4.78, 5) is 10.9. The number of nitrogens with zero attached hydrogens (tertiary/aromatic N) is 4. The highest BCUT2D eigenvalue weighted by atomic mass is 15.2. The molecule has 11 aromatic carbocycles. The monoisotopic (exact) mass is 760 g/mol. The van der Waals surface area contributed by atoms with Gasteiger partial charge < -0.3 is 4.57 Å². The molecular weight excluding hydrogens is 729 g/mol. The highest BCUT2D eigenvalue weighted by Crippen LogP contribution is 2.49. The van der Waals surface area contributed by atoms with Crippen LogP contribution in [0.25, 0.3) is 131 Å². The van der Waals surface area contributed by atoms with Gasteiger partial charge in [0.2, 0.25) is 5.95 Å². The fourth-order valence-electron chi connectivity index (χ4n) is 10.6. The topological polar surface area (TPSA) is 35.6 Å². The van der Waals surface area contributed by atoms with Crippen molar-refractivity contribution in [2.24, 2.45) is 0 Å². The van der Waals surface area contributed by atoms with Crippen LogP contribution in [0.15, 0.2) is 194 Å². The van der Waals surface area contributed by atoms with Crippen molar-refractivity contribution in [3.8, 4) is 22.9 Å². The number of rotatable bonds is 3. The van der Waals surface area contributed by atoms with Gasteiger partial charge in [-0.3, -0.25) is 4.57 Å². The van der Waals surface area contributed by atoms with Crippen LogP contribution >= 0.6 is 0 Å². The highest BCUT2D eigenvalue weighted by Gasteiger charge is 2.24. The van der Waals surface area contributed by atoms with Crippen LogP contribution in [-0.4, -0.2) is 19.1 Å². The SMILES string of the molecule is c1ccc(-n2c3ccccc3c3c4cccc5c6cccc7c6c(cc6c7c7ccccc7n6-c6nc(-c7cccc8ccccc78)c7ccccc7n6)c(cc32)c54)cc1. The fraction of sp³-hybridized carbons (Fsp3) is 0. The van der Waals surface area contributed by atoms with E-state index in [0.717, 1.165) is 38.9 Å². The minimum atomic E-state index is 0.659. The fourth-order valence-corrected chi connectivity index (χ4v) is 10.6. The first-order chi connectivity index (χ1) is 29.8. The first-order valence-electron chi connectivity index (χ1n) is 20.6. The van der Waals surface area contributed by atoms with Crippen LogP contribution in [-0.2, 0) is 0 Å². The first-order valence-corrected chi connectivity index (χ1v) is 20.6. The largest absolute Gasteiger partial charge is 0.309 e. The van der Waals surface area contributed by atoms with Crippen LogP contribution in [0.1, 0.15) is 0 Å². The van der Waals surface area contributed by atoms with Crippen molar-refractivity contribution < 1.29 is 0 Å². The number of fused-ring (bicyclic) bond motifs is 12. The second-order valence-corrected chi connectivity index (χ2v) is 16.0. The maximum atomic E-state index is 5.56. The lowest BCUT2D eigenvalue weighted by Gasteiger charge is -2.17. The number of para-hydroxylation sites is 4. The third-order valence-electron chi connectivity index (χ3n) is 13.0. The van der Waals surface area contributed by atoms with Gasteiger partial charge in [-0.15, -0.1) is 0 Å². The van der Waals surface area contributed by atoms with Crippen LogP contribution < -0.4 is 0 Å². The maximum Gasteiger partial charge on any atom is 0.235 e.